The van der Waals surface area contributed by atoms with E-state index in [0.717, 1.165) is 5.56 Å². The zero-order valence-electron chi connectivity index (χ0n) is 15.0. The summed E-state index contributed by atoms with van der Waals surface area (Å²) >= 11 is 0. The molecule has 3 heterocycles. The minimum Gasteiger partial charge on any atom is -0.339 e. The van der Waals surface area contributed by atoms with Gasteiger partial charge in [0.2, 0.25) is 11.7 Å². The highest BCUT2D eigenvalue weighted by Crippen LogP contribution is 2.43. The Morgan fingerprint density at radius 2 is 2.18 bits per heavy atom. The number of hydrogen-bond donors (Lipinski definition) is 1. The summed E-state index contributed by atoms with van der Waals surface area (Å²) in [7, 11) is 0. The molecule has 3 aromatic heterocycles. The number of anilines is 1. The fourth-order valence-corrected chi connectivity index (χ4v) is 3.13. The van der Waals surface area contributed by atoms with Crippen molar-refractivity contribution in [1.82, 2.24) is 19.5 Å². The first-order valence-corrected chi connectivity index (χ1v) is 8.92. The number of rotatable bonds is 4. The fraction of sp³-hybridized carbons (Fsp3) is 0.200. The second-order valence-electron chi connectivity index (χ2n) is 6.88. The van der Waals surface area contributed by atoms with Crippen LogP contribution in [0.1, 0.15) is 34.2 Å². The zero-order valence-corrected chi connectivity index (χ0v) is 15.0. The highest BCUT2D eigenvalue weighted by molar-refractivity contribution is 6.08. The summed E-state index contributed by atoms with van der Waals surface area (Å²) in [6.07, 6.45) is 4.80. The number of benzene rings is 1. The predicted octanol–water partition coefficient (Wildman–Crippen LogP) is 3.77. The molecule has 1 saturated carbocycles. The van der Waals surface area contributed by atoms with Crippen molar-refractivity contribution in [2.45, 2.75) is 25.4 Å². The van der Waals surface area contributed by atoms with Crippen molar-refractivity contribution in [2.75, 3.05) is 5.32 Å². The smallest absolute Gasteiger partial charge is 0.259 e. The number of amides is 1. The van der Waals surface area contributed by atoms with Gasteiger partial charge in [0.1, 0.15) is 11.8 Å². The summed E-state index contributed by atoms with van der Waals surface area (Å²) in [4.78, 5) is 21.3. The number of halogens is 1. The SMILES string of the molecule is Cc1ccc(-c2noc([C@H]3C[C@@H]3F)n2)cc1NC(=O)c1cccn2ccnc12. The van der Waals surface area contributed by atoms with Gasteiger partial charge in [0.05, 0.1) is 11.5 Å². The molecule has 1 aliphatic carbocycles. The van der Waals surface area contributed by atoms with E-state index in [2.05, 4.69) is 20.4 Å². The van der Waals surface area contributed by atoms with Crippen LogP contribution in [0.25, 0.3) is 17.0 Å². The van der Waals surface area contributed by atoms with Gasteiger partial charge in [0, 0.05) is 29.8 Å². The van der Waals surface area contributed by atoms with Crippen molar-refractivity contribution in [3.05, 3.63) is 65.9 Å². The van der Waals surface area contributed by atoms with Crippen molar-refractivity contribution < 1.29 is 13.7 Å². The third-order valence-electron chi connectivity index (χ3n) is 4.88. The van der Waals surface area contributed by atoms with Gasteiger partial charge in [0.15, 0.2) is 0 Å². The molecule has 0 saturated heterocycles. The molecule has 4 aromatic rings. The number of carbonyl (C=O) groups is 1. The van der Waals surface area contributed by atoms with Gasteiger partial charge in [-0.2, -0.15) is 4.98 Å². The van der Waals surface area contributed by atoms with Gasteiger partial charge in [-0.25, -0.2) is 9.37 Å². The number of imidazole rings is 1. The Bertz CT molecular complexity index is 1200. The lowest BCUT2D eigenvalue weighted by Crippen LogP contribution is -2.14. The number of hydrogen-bond acceptors (Lipinski definition) is 5. The molecule has 5 rings (SSSR count). The summed E-state index contributed by atoms with van der Waals surface area (Å²) in [5.74, 6) is 0.143. The number of alkyl halides is 1. The molecule has 0 bridgehead atoms. The van der Waals surface area contributed by atoms with Gasteiger partial charge in [-0.15, -0.1) is 0 Å². The molecule has 1 aliphatic rings. The average Bonchev–Trinajstić information content (AvgIpc) is 3.11. The molecule has 1 fully saturated rings. The van der Waals surface area contributed by atoms with E-state index in [1.807, 2.05) is 25.3 Å². The first kappa shape index (κ1) is 16.6. The van der Waals surface area contributed by atoms with Crippen LogP contribution in [-0.2, 0) is 0 Å². The monoisotopic (exact) mass is 377 g/mol. The normalized spacial score (nSPS) is 18.4. The van der Waals surface area contributed by atoms with E-state index in [1.165, 1.54) is 0 Å². The highest BCUT2D eigenvalue weighted by atomic mass is 19.1. The van der Waals surface area contributed by atoms with E-state index < -0.39 is 6.17 Å². The van der Waals surface area contributed by atoms with Crippen molar-refractivity contribution in [3.63, 3.8) is 0 Å². The third-order valence-corrected chi connectivity index (χ3v) is 4.88. The van der Waals surface area contributed by atoms with Crippen molar-refractivity contribution in [2.24, 2.45) is 0 Å². The lowest BCUT2D eigenvalue weighted by molar-refractivity contribution is 0.102. The van der Waals surface area contributed by atoms with E-state index in [1.54, 1.807) is 35.0 Å². The van der Waals surface area contributed by atoms with Crippen LogP contribution in [0, 0.1) is 6.92 Å². The molecule has 7 nitrogen and oxygen atoms in total. The maximum absolute atomic E-state index is 13.2. The van der Waals surface area contributed by atoms with Gasteiger partial charge in [-0.3, -0.25) is 4.79 Å². The van der Waals surface area contributed by atoms with Crippen LogP contribution in [0.4, 0.5) is 10.1 Å². The zero-order chi connectivity index (χ0) is 19.3. The average molecular weight is 377 g/mol. The van der Waals surface area contributed by atoms with Crippen LogP contribution in [0.2, 0.25) is 0 Å². The molecular formula is C20H16FN5O2. The van der Waals surface area contributed by atoms with Crippen LogP contribution < -0.4 is 5.32 Å². The maximum atomic E-state index is 13.2. The van der Waals surface area contributed by atoms with Gasteiger partial charge in [0.25, 0.3) is 5.91 Å². The Morgan fingerprint density at radius 1 is 1.32 bits per heavy atom. The van der Waals surface area contributed by atoms with E-state index in [-0.39, 0.29) is 11.8 Å². The first-order chi connectivity index (χ1) is 13.6. The number of carbonyl (C=O) groups excluding carboxylic acids is 1. The Balaban J connectivity index is 1.44. The Morgan fingerprint density at radius 3 is 3.00 bits per heavy atom. The minimum absolute atomic E-state index is 0.260. The second-order valence-corrected chi connectivity index (χ2v) is 6.88. The van der Waals surface area contributed by atoms with E-state index in [4.69, 9.17) is 4.52 Å². The van der Waals surface area contributed by atoms with Crippen LogP contribution in [0.3, 0.4) is 0 Å². The lowest BCUT2D eigenvalue weighted by atomic mass is 10.1. The highest BCUT2D eigenvalue weighted by Gasteiger charge is 2.43. The number of nitrogens with one attached hydrogen (secondary N) is 1. The topological polar surface area (TPSA) is 85.3 Å². The molecule has 0 spiro atoms. The molecule has 1 aromatic carbocycles. The second kappa shape index (κ2) is 6.26. The van der Waals surface area contributed by atoms with Gasteiger partial charge in [-0.1, -0.05) is 17.3 Å². The predicted molar refractivity (Wildman–Crippen MR) is 99.9 cm³/mol. The molecule has 0 radical (unpaired) electrons. The lowest BCUT2D eigenvalue weighted by Gasteiger charge is -2.10. The van der Waals surface area contributed by atoms with E-state index in [0.29, 0.717) is 40.6 Å². The summed E-state index contributed by atoms with van der Waals surface area (Å²) in [6, 6.07) is 9.02. The number of fused-ring (bicyclic) bond motifs is 1. The third kappa shape index (κ3) is 2.83. The Labute approximate surface area is 159 Å². The van der Waals surface area contributed by atoms with Crippen LogP contribution in [0.15, 0.2) is 53.4 Å². The van der Waals surface area contributed by atoms with E-state index >= 15 is 0 Å². The first-order valence-electron chi connectivity index (χ1n) is 8.92. The molecular weight excluding hydrogens is 361 g/mol. The van der Waals surface area contributed by atoms with Crippen LogP contribution in [0.5, 0.6) is 0 Å². The molecule has 2 atom stereocenters. The van der Waals surface area contributed by atoms with Gasteiger partial charge >= 0.3 is 0 Å². The molecule has 0 aliphatic heterocycles. The van der Waals surface area contributed by atoms with Crippen LogP contribution >= 0.6 is 0 Å². The summed E-state index contributed by atoms with van der Waals surface area (Å²) < 4.78 is 20.2. The molecule has 28 heavy (non-hydrogen) atoms. The van der Waals surface area contributed by atoms with Crippen LogP contribution in [-0.4, -0.2) is 31.6 Å². The standard InChI is InChI=1S/C20H16FN5O2/c1-11-4-5-12(17-24-20(28-25-17)14-10-15(14)21)9-16(11)23-19(27)13-3-2-7-26-8-6-22-18(13)26/h2-9,14-15H,10H2,1H3,(H,23,27)/t14-,15-/m0/s1. The Hall–Kier alpha value is -3.55. The van der Waals surface area contributed by atoms with E-state index in [9.17, 15) is 9.18 Å². The molecule has 0 unspecified atom stereocenters. The number of nitrogens with zero attached hydrogens (tertiary/aromatic N) is 4. The summed E-state index contributed by atoms with van der Waals surface area (Å²) in [5.41, 5.74) is 3.27. The summed E-state index contributed by atoms with van der Waals surface area (Å²) in [6.45, 7) is 1.90. The molecule has 140 valence electrons. The quantitative estimate of drug-likeness (QED) is 0.585. The fourth-order valence-electron chi connectivity index (χ4n) is 3.13. The minimum atomic E-state index is -0.897. The molecule has 1 amide bonds. The molecule has 8 heteroatoms. The number of pyridine rings is 1. The Kier molecular flexibility index (Phi) is 3.71. The largest absolute Gasteiger partial charge is 0.339 e. The molecule has 1 N–H and O–H groups in total. The van der Waals surface area contributed by atoms with Crippen molar-refractivity contribution in [1.29, 1.82) is 0 Å². The van der Waals surface area contributed by atoms with Gasteiger partial charge < -0.3 is 14.2 Å². The van der Waals surface area contributed by atoms with Gasteiger partial charge in [-0.05, 0) is 37.1 Å². The summed E-state index contributed by atoms with van der Waals surface area (Å²) in [5, 5.41) is 6.87. The maximum Gasteiger partial charge on any atom is 0.259 e. The number of aryl methyl sites for hydroxylation is 1. The van der Waals surface area contributed by atoms with Crippen molar-refractivity contribution in [3.8, 4) is 11.4 Å². The number of aromatic nitrogens is 4. The van der Waals surface area contributed by atoms with Crippen molar-refractivity contribution >= 4 is 17.2 Å².